The zero-order valence-electron chi connectivity index (χ0n) is 5.07. The van der Waals surface area contributed by atoms with Crippen LogP contribution < -0.4 is 5.73 Å². The number of carbonyl (C=O) groups is 1. The molecule has 0 radical (unpaired) electrons. The van der Waals surface area contributed by atoms with Gasteiger partial charge >= 0.3 is 6.09 Å². The third kappa shape index (κ3) is 2.49. The molecule has 0 spiro atoms. The summed E-state index contributed by atoms with van der Waals surface area (Å²) >= 11 is 3.30. The summed E-state index contributed by atoms with van der Waals surface area (Å²) in [4.78, 5) is 14.3. The highest BCUT2D eigenvalue weighted by Crippen LogP contribution is 2.24. The molecule has 0 aliphatic carbocycles. The Bertz CT molecular complexity index is 163. The molecule has 1 aliphatic rings. The van der Waals surface area contributed by atoms with E-state index in [0.717, 1.165) is 15.9 Å². The minimum Gasteiger partial charge on any atom is -0.333 e. The molecule has 1 fully saturated rings. The molecule has 1 heterocycles. The highest BCUT2D eigenvalue weighted by atomic mass is 32.2. The number of carbonyl (C=O) groups excluding carboxylic acids is 1. The molecule has 1 aliphatic heterocycles. The van der Waals surface area contributed by atoms with E-state index in [4.69, 9.17) is 0 Å². The number of rotatable bonds is 1. The molecule has 4 nitrogen and oxygen atoms in total. The summed E-state index contributed by atoms with van der Waals surface area (Å²) in [6.45, 7) is 0. The first-order valence-electron chi connectivity index (χ1n) is 2.53. The van der Waals surface area contributed by atoms with E-state index in [2.05, 4.69) is 15.7 Å². The van der Waals surface area contributed by atoms with Crippen LogP contribution >= 0.6 is 23.5 Å². The van der Waals surface area contributed by atoms with Gasteiger partial charge in [-0.25, -0.2) is 4.79 Å². The van der Waals surface area contributed by atoms with Crippen molar-refractivity contribution in [2.45, 2.75) is 0 Å². The molecule has 2 N–H and O–H groups in total. The number of nitrogens with zero attached hydrogens (tertiary/aromatic N) is 1. The summed E-state index contributed by atoms with van der Waals surface area (Å²) in [5, 5.41) is 5.30. The van der Waals surface area contributed by atoms with Crippen molar-refractivity contribution in [3.05, 3.63) is 0 Å². The van der Waals surface area contributed by atoms with Crippen LogP contribution in [0, 0.1) is 0 Å². The average molecular weight is 178 g/mol. The molecule has 1 rings (SSSR count). The smallest absolute Gasteiger partial charge is 0.333 e. The van der Waals surface area contributed by atoms with Crippen LogP contribution in [-0.2, 0) is 4.84 Å². The summed E-state index contributed by atoms with van der Waals surface area (Å²) in [5.74, 6) is 0.817. The highest BCUT2D eigenvalue weighted by Gasteiger charge is 2.09. The fraction of sp³-hybridized carbons (Fsp3) is 0.500. The van der Waals surface area contributed by atoms with Gasteiger partial charge in [0.15, 0.2) is 0 Å². The van der Waals surface area contributed by atoms with Gasteiger partial charge in [0.05, 0.1) is 0 Å². The van der Waals surface area contributed by atoms with E-state index in [0.29, 0.717) is 0 Å². The molecule has 0 aromatic rings. The molecule has 0 atom stereocenters. The molecule has 1 amide bonds. The van der Waals surface area contributed by atoms with Gasteiger partial charge in [-0.2, -0.15) is 0 Å². The van der Waals surface area contributed by atoms with Crippen LogP contribution in [0.4, 0.5) is 4.79 Å². The normalized spacial score (nSPS) is 21.4. The summed E-state index contributed by atoms with van der Waals surface area (Å²) in [6, 6.07) is 0. The van der Waals surface area contributed by atoms with E-state index in [1.54, 1.807) is 23.5 Å². The van der Waals surface area contributed by atoms with Crippen LogP contribution in [0.5, 0.6) is 0 Å². The molecule has 0 saturated carbocycles. The van der Waals surface area contributed by atoms with Crippen molar-refractivity contribution in [1.82, 2.24) is 0 Å². The third-order valence-corrected chi connectivity index (χ3v) is 3.12. The Kier molecular flexibility index (Phi) is 2.88. The molecule has 10 heavy (non-hydrogen) atoms. The lowest BCUT2D eigenvalue weighted by Crippen LogP contribution is -2.10. The fourth-order valence-corrected chi connectivity index (χ4v) is 2.54. The number of primary amides is 1. The van der Waals surface area contributed by atoms with Crippen LogP contribution in [0.3, 0.4) is 0 Å². The van der Waals surface area contributed by atoms with Gasteiger partial charge in [-0.05, 0) is 0 Å². The summed E-state index contributed by atoms with van der Waals surface area (Å²) < 4.78 is 0. The Balaban J connectivity index is 2.31. The van der Waals surface area contributed by atoms with Crippen molar-refractivity contribution >= 4 is 34.7 Å². The van der Waals surface area contributed by atoms with Gasteiger partial charge in [0, 0.05) is 10.8 Å². The maximum absolute atomic E-state index is 10.0. The quantitative estimate of drug-likeness (QED) is 0.477. The van der Waals surface area contributed by atoms with E-state index < -0.39 is 6.09 Å². The van der Waals surface area contributed by atoms with Crippen LogP contribution in [-0.4, -0.2) is 22.0 Å². The van der Waals surface area contributed by atoms with E-state index in [9.17, 15) is 4.79 Å². The second kappa shape index (κ2) is 3.72. The Morgan fingerprint density at radius 1 is 1.80 bits per heavy atom. The molecule has 1 saturated heterocycles. The largest absolute Gasteiger partial charge is 0.430 e. The van der Waals surface area contributed by atoms with Gasteiger partial charge < -0.3 is 5.73 Å². The van der Waals surface area contributed by atoms with Crippen LogP contribution in [0.1, 0.15) is 0 Å². The van der Waals surface area contributed by atoms with Crippen molar-refractivity contribution < 1.29 is 9.63 Å². The first-order chi connectivity index (χ1) is 4.79. The number of hydrogen-bond acceptors (Lipinski definition) is 5. The Morgan fingerprint density at radius 2 is 2.60 bits per heavy atom. The first-order valence-corrected chi connectivity index (χ1v) is 4.67. The SMILES string of the molecule is NC(=O)ON=C1CSCS1. The molecule has 0 aromatic carbocycles. The molecule has 56 valence electrons. The minimum atomic E-state index is -0.856. The summed E-state index contributed by atoms with van der Waals surface area (Å²) in [7, 11) is 0. The molecule has 0 unspecified atom stereocenters. The topological polar surface area (TPSA) is 64.7 Å². The fourth-order valence-electron chi connectivity index (χ4n) is 0.429. The standard InChI is InChI=1S/C4H6N2O2S2/c5-4(7)8-6-3-1-9-2-10-3/h1-2H2,(H2,5,7). The van der Waals surface area contributed by atoms with E-state index in [-0.39, 0.29) is 0 Å². The van der Waals surface area contributed by atoms with Gasteiger partial charge in [0.25, 0.3) is 0 Å². The van der Waals surface area contributed by atoms with E-state index >= 15 is 0 Å². The Hall–Kier alpha value is -0.360. The second-order valence-electron chi connectivity index (χ2n) is 1.51. The maximum atomic E-state index is 10.0. The predicted octanol–water partition coefficient (Wildman–Crippen LogP) is 0.833. The number of thioether (sulfide) groups is 2. The molecule has 0 aromatic heterocycles. The van der Waals surface area contributed by atoms with Crippen molar-refractivity contribution in [3.63, 3.8) is 0 Å². The summed E-state index contributed by atoms with van der Waals surface area (Å²) in [5.41, 5.74) is 4.69. The monoisotopic (exact) mass is 178 g/mol. The molecular formula is C4H6N2O2S2. The van der Waals surface area contributed by atoms with E-state index in [1.165, 1.54) is 0 Å². The zero-order chi connectivity index (χ0) is 7.40. The van der Waals surface area contributed by atoms with Crippen LogP contribution in [0.2, 0.25) is 0 Å². The lowest BCUT2D eigenvalue weighted by molar-refractivity contribution is 0.162. The number of nitrogens with two attached hydrogens (primary N) is 1. The third-order valence-electron chi connectivity index (χ3n) is 0.772. The van der Waals surface area contributed by atoms with Gasteiger partial charge in [-0.1, -0.05) is 16.9 Å². The van der Waals surface area contributed by atoms with Crippen molar-refractivity contribution in [2.24, 2.45) is 10.9 Å². The Morgan fingerprint density at radius 3 is 3.10 bits per heavy atom. The Labute approximate surface area is 66.5 Å². The number of amides is 1. The van der Waals surface area contributed by atoms with Crippen molar-refractivity contribution in [3.8, 4) is 0 Å². The average Bonchev–Trinajstić information content (AvgIpc) is 2.34. The molecular weight excluding hydrogens is 172 g/mol. The van der Waals surface area contributed by atoms with Crippen molar-refractivity contribution in [1.29, 1.82) is 0 Å². The highest BCUT2D eigenvalue weighted by molar-refractivity contribution is 8.29. The van der Waals surface area contributed by atoms with E-state index in [1.807, 2.05) is 0 Å². The lowest BCUT2D eigenvalue weighted by Gasteiger charge is -1.90. The van der Waals surface area contributed by atoms with Crippen LogP contribution in [0.25, 0.3) is 0 Å². The van der Waals surface area contributed by atoms with Crippen LogP contribution in [0.15, 0.2) is 5.16 Å². The lowest BCUT2D eigenvalue weighted by atomic mass is 10.9. The van der Waals surface area contributed by atoms with Gasteiger partial charge in [-0.15, -0.1) is 11.8 Å². The molecule has 6 heteroatoms. The van der Waals surface area contributed by atoms with Gasteiger partial charge in [0.1, 0.15) is 5.04 Å². The van der Waals surface area contributed by atoms with Crippen molar-refractivity contribution in [2.75, 3.05) is 10.8 Å². The van der Waals surface area contributed by atoms with Gasteiger partial charge in [0.2, 0.25) is 0 Å². The maximum Gasteiger partial charge on any atom is 0.430 e. The van der Waals surface area contributed by atoms with Gasteiger partial charge in [-0.3, -0.25) is 4.84 Å². The zero-order valence-corrected chi connectivity index (χ0v) is 6.70. The molecule has 0 bridgehead atoms. The summed E-state index contributed by atoms with van der Waals surface area (Å²) in [6.07, 6.45) is -0.856. The second-order valence-corrected chi connectivity index (χ2v) is 3.91. The number of oxime groups is 1. The predicted molar refractivity (Wildman–Crippen MR) is 43.0 cm³/mol. The first kappa shape index (κ1) is 7.74. The number of hydrogen-bond donors (Lipinski definition) is 1. The minimum absolute atomic E-state index is 0.817.